The lowest BCUT2D eigenvalue weighted by molar-refractivity contribution is -0.114. The molecule has 0 saturated heterocycles. The zero-order valence-corrected chi connectivity index (χ0v) is 18.6. The van der Waals surface area contributed by atoms with Gasteiger partial charge in [-0.05, 0) is 54.4 Å². The molecule has 1 N–H and O–H groups in total. The molecule has 0 bridgehead atoms. The number of anilines is 2. The van der Waals surface area contributed by atoms with Crippen molar-refractivity contribution in [1.82, 2.24) is 0 Å². The quantitative estimate of drug-likeness (QED) is 0.524. The van der Waals surface area contributed by atoms with Crippen LogP contribution in [0, 0.1) is 0 Å². The van der Waals surface area contributed by atoms with E-state index in [4.69, 9.17) is 0 Å². The number of hydrogen-bond donors (Lipinski definition) is 1. The van der Waals surface area contributed by atoms with Crippen LogP contribution in [0.5, 0.6) is 0 Å². The lowest BCUT2D eigenvalue weighted by Gasteiger charge is -2.26. The van der Waals surface area contributed by atoms with Crippen molar-refractivity contribution in [2.45, 2.75) is 18.2 Å². The van der Waals surface area contributed by atoms with Crippen LogP contribution in [0.25, 0.3) is 0 Å². The molecule has 7 nitrogen and oxygen atoms in total. The molecule has 3 rings (SSSR count). The molecule has 0 radical (unpaired) electrons. The summed E-state index contributed by atoms with van der Waals surface area (Å²) in [4.78, 5) is 24.5. The minimum atomic E-state index is -3.98. The number of benzene rings is 3. The first-order chi connectivity index (χ1) is 15.4. The summed E-state index contributed by atoms with van der Waals surface area (Å²) >= 11 is 0. The largest absolute Gasteiger partial charge is 0.465 e. The Balaban J connectivity index is 1.91. The molecule has 0 aliphatic carbocycles. The summed E-state index contributed by atoms with van der Waals surface area (Å²) in [5, 5.41) is 2.69. The molecule has 0 atom stereocenters. The molecule has 0 spiro atoms. The number of methoxy groups -OCH3 is 1. The number of carbonyl (C=O) groups excluding carboxylic acids is 2. The van der Waals surface area contributed by atoms with Gasteiger partial charge in [0, 0.05) is 5.69 Å². The molecule has 0 fully saturated rings. The standard InChI is InChI=1S/C24H24N2O5S/c1-3-18-9-7-8-12-22(18)26(32(29,30)21-10-5-4-6-11-21)17-23(27)25-20-15-13-19(14-16-20)24(28)31-2/h4-16H,3,17H2,1-2H3,(H,25,27). The Morgan fingerprint density at radius 2 is 1.53 bits per heavy atom. The fourth-order valence-corrected chi connectivity index (χ4v) is 4.69. The van der Waals surface area contributed by atoms with Crippen molar-refractivity contribution >= 4 is 33.3 Å². The number of nitrogens with one attached hydrogen (secondary N) is 1. The van der Waals surface area contributed by atoms with Crippen molar-refractivity contribution in [2.75, 3.05) is 23.3 Å². The first-order valence-corrected chi connectivity index (χ1v) is 11.4. The first-order valence-electron chi connectivity index (χ1n) is 10.0. The van der Waals surface area contributed by atoms with Crippen molar-refractivity contribution in [1.29, 1.82) is 0 Å². The van der Waals surface area contributed by atoms with E-state index >= 15 is 0 Å². The molecule has 0 aliphatic heterocycles. The average Bonchev–Trinajstić information content (AvgIpc) is 2.83. The second kappa shape index (κ2) is 10.1. The van der Waals surface area contributed by atoms with Crippen molar-refractivity contribution < 1.29 is 22.7 Å². The van der Waals surface area contributed by atoms with Crippen molar-refractivity contribution in [2.24, 2.45) is 0 Å². The van der Waals surface area contributed by atoms with Crippen LogP contribution in [0.2, 0.25) is 0 Å². The molecule has 0 aliphatic rings. The lowest BCUT2D eigenvalue weighted by atomic mass is 10.1. The number of para-hydroxylation sites is 1. The molecule has 8 heteroatoms. The molecule has 0 unspecified atom stereocenters. The summed E-state index contributed by atoms with van der Waals surface area (Å²) < 4.78 is 32.7. The zero-order valence-electron chi connectivity index (χ0n) is 17.8. The van der Waals surface area contributed by atoms with Gasteiger partial charge in [0.05, 0.1) is 23.3 Å². The number of aryl methyl sites for hydroxylation is 1. The van der Waals surface area contributed by atoms with Crippen LogP contribution in [0.3, 0.4) is 0 Å². The van der Waals surface area contributed by atoms with E-state index in [0.29, 0.717) is 23.4 Å². The number of ether oxygens (including phenoxy) is 1. The number of carbonyl (C=O) groups is 2. The Morgan fingerprint density at radius 3 is 2.16 bits per heavy atom. The van der Waals surface area contributed by atoms with Gasteiger partial charge in [-0.1, -0.05) is 43.3 Å². The maximum Gasteiger partial charge on any atom is 0.337 e. The Hall–Kier alpha value is -3.65. The highest BCUT2D eigenvalue weighted by Gasteiger charge is 2.28. The molecule has 0 aromatic heterocycles. The Kier molecular flexibility index (Phi) is 7.27. The molecular formula is C24H24N2O5S. The average molecular weight is 453 g/mol. The molecule has 1 amide bonds. The van der Waals surface area contributed by atoms with Crippen LogP contribution < -0.4 is 9.62 Å². The maximum atomic E-state index is 13.4. The number of hydrogen-bond acceptors (Lipinski definition) is 5. The highest BCUT2D eigenvalue weighted by Crippen LogP contribution is 2.27. The highest BCUT2D eigenvalue weighted by atomic mass is 32.2. The van der Waals surface area contributed by atoms with Crippen LogP contribution in [0.1, 0.15) is 22.8 Å². The Bertz CT molecular complexity index is 1190. The normalized spacial score (nSPS) is 10.9. The number of rotatable bonds is 8. The number of nitrogens with zero attached hydrogens (tertiary/aromatic N) is 1. The molecule has 3 aromatic rings. The third-order valence-electron chi connectivity index (χ3n) is 4.85. The van der Waals surface area contributed by atoms with Gasteiger partial charge in [0.1, 0.15) is 6.54 Å². The third kappa shape index (κ3) is 5.15. The lowest BCUT2D eigenvalue weighted by Crippen LogP contribution is -2.38. The fraction of sp³-hybridized carbons (Fsp3) is 0.167. The van der Waals surface area contributed by atoms with Crippen molar-refractivity contribution in [3.8, 4) is 0 Å². The van der Waals surface area contributed by atoms with Crippen molar-refractivity contribution in [3.05, 3.63) is 90.0 Å². The van der Waals surface area contributed by atoms with Gasteiger partial charge in [0.25, 0.3) is 10.0 Å². The molecule has 0 heterocycles. The summed E-state index contributed by atoms with van der Waals surface area (Å²) in [5.74, 6) is -1.000. The zero-order chi connectivity index (χ0) is 23.1. The Labute approximate surface area is 187 Å². The number of sulfonamides is 1. The molecule has 166 valence electrons. The second-order valence-corrected chi connectivity index (χ2v) is 8.79. The minimum absolute atomic E-state index is 0.0983. The summed E-state index contributed by atoms with van der Waals surface area (Å²) in [5.41, 5.74) is 2.04. The number of esters is 1. The second-order valence-electron chi connectivity index (χ2n) is 6.92. The first kappa shape index (κ1) is 23.0. The minimum Gasteiger partial charge on any atom is -0.465 e. The van der Waals surface area contributed by atoms with E-state index in [9.17, 15) is 18.0 Å². The number of amides is 1. The van der Waals surface area contributed by atoms with Gasteiger partial charge in [0.15, 0.2) is 0 Å². The van der Waals surface area contributed by atoms with E-state index in [2.05, 4.69) is 10.1 Å². The van der Waals surface area contributed by atoms with E-state index in [-0.39, 0.29) is 4.90 Å². The van der Waals surface area contributed by atoms with E-state index in [0.717, 1.165) is 9.87 Å². The monoisotopic (exact) mass is 452 g/mol. The molecule has 32 heavy (non-hydrogen) atoms. The van der Waals surface area contributed by atoms with Gasteiger partial charge in [-0.15, -0.1) is 0 Å². The van der Waals surface area contributed by atoms with Gasteiger partial charge < -0.3 is 10.1 Å². The molecule has 0 saturated carbocycles. The molecular weight excluding hydrogens is 428 g/mol. The van der Waals surface area contributed by atoms with Crippen LogP contribution >= 0.6 is 0 Å². The SMILES string of the molecule is CCc1ccccc1N(CC(=O)Nc1ccc(C(=O)OC)cc1)S(=O)(=O)c1ccccc1. The van der Waals surface area contributed by atoms with Crippen LogP contribution in [-0.4, -0.2) is 33.9 Å². The summed E-state index contributed by atoms with van der Waals surface area (Å²) in [6.07, 6.45) is 0.605. The molecule has 3 aromatic carbocycles. The predicted octanol–water partition coefficient (Wildman–Crippen LogP) is 3.87. The summed E-state index contributed by atoms with van der Waals surface area (Å²) in [6.45, 7) is 1.52. The van der Waals surface area contributed by atoms with Crippen LogP contribution in [0.4, 0.5) is 11.4 Å². The van der Waals surface area contributed by atoms with E-state index in [1.807, 2.05) is 19.1 Å². The predicted molar refractivity (Wildman–Crippen MR) is 123 cm³/mol. The van der Waals surface area contributed by atoms with Gasteiger partial charge in [0.2, 0.25) is 5.91 Å². The third-order valence-corrected chi connectivity index (χ3v) is 6.62. The maximum absolute atomic E-state index is 13.4. The van der Waals surface area contributed by atoms with E-state index in [1.54, 1.807) is 42.5 Å². The van der Waals surface area contributed by atoms with Crippen LogP contribution in [-0.2, 0) is 26.0 Å². The Morgan fingerprint density at radius 1 is 0.906 bits per heavy atom. The summed E-state index contributed by atoms with van der Waals surface area (Å²) in [7, 11) is -2.70. The highest BCUT2D eigenvalue weighted by molar-refractivity contribution is 7.92. The summed E-state index contributed by atoms with van der Waals surface area (Å²) in [6, 6.07) is 21.3. The van der Waals surface area contributed by atoms with Gasteiger partial charge in [-0.25, -0.2) is 13.2 Å². The van der Waals surface area contributed by atoms with E-state index < -0.39 is 28.4 Å². The smallest absolute Gasteiger partial charge is 0.337 e. The van der Waals surface area contributed by atoms with Gasteiger partial charge in [-0.3, -0.25) is 9.10 Å². The van der Waals surface area contributed by atoms with Gasteiger partial charge in [-0.2, -0.15) is 0 Å². The van der Waals surface area contributed by atoms with Gasteiger partial charge >= 0.3 is 5.97 Å². The van der Waals surface area contributed by atoms with Crippen molar-refractivity contribution in [3.63, 3.8) is 0 Å². The fourth-order valence-electron chi connectivity index (χ4n) is 3.21. The van der Waals surface area contributed by atoms with Crippen LogP contribution in [0.15, 0.2) is 83.8 Å². The van der Waals surface area contributed by atoms with E-state index in [1.165, 1.54) is 31.4 Å². The topological polar surface area (TPSA) is 92.8 Å².